The molecule has 0 radical (unpaired) electrons. The third-order valence-corrected chi connectivity index (χ3v) is 3.27. The second-order valence-corrected chi connectivity index (χ2v) is 4.80. The van der Waals surface area contributed by atoms with E-state index in [2.05, 4.69) is 15.0 Å². The van der Waals surface area contributed by atoms with Gasteiger partial charge in [-0.05, 0) is 30.3 Å². The largest absolute Gasteiger partial charge is 0.506 e. The zero-order chi connectivity index (χ0) is 14.8. The number of halogens is 1. The molecular formula is C15H11ClN4O. The minimum Gasteiger partial charge on any atom is -0.506 e. The number of phenolic OH excluding ortho intramolecular Hbond substituents is 1. The number of pyridine rings is 1. The second kappa shape index (κ2) is 5.38. The highest BCUT2D eigenvalue weighted by Crippen LogP contribution is 2.33. The molecule has 3 N–H and O–H groups in total. The highest BCUT2D eigenvalue weighted by Gasteiger charge is 2.12. The fraction of sp³-hybridized carbons (Fsp3) is 0. The second-order valence-electron chi connectivity index (χ2n) is 4.39. The normalized spacial score (nSPS) is 10.5. The van der Waals surface area contributed by atoms with Crippen molar-refractivity contribution in [1.29, 1.82) is 0 Å². The fourth-order valence-corrected chi connectivity index (χ4v) is 2.16. The van der Waals surface area contributed by atoms with Gasteiger partial charge in [-0.15, -0.1) is 0 Å². The molecule has 0 spiro atoms. The Morgan fingerprint density at radius 1 is 1.00 bits per heavy atom. The number of rotatable bonds is 2. The van der Waals surface area contributed by atoms with Crippen LogP contribution in [0.3, 0.4) is 0 Å². The summed E-state index contributed by atoms with van der Waals surface area (Å²) in [4.78, 5) is 12.7. The first-order chi connectivity index (χ1) is 10.1. The molecule has 0 atom stereocenters. The van der Waals surface area contributed by atoms with Crippen molar-refractivity contribution in [2.24, 2.45) is 0 Å². The molecule has 0 bridgehead atoms. The van der Waals surface area contributed by atoms with E-state index in [9.17, 15) is 5.11 Å². The summed E-state index contributed by atoms with van der Waals surface area (Å²) in [5.74, 6) is 0.352. The van der Waals surface area contributed by atoms with E-state index < -0.39 is 0 Å². The van der Waals surface area contributed by atoms with Gasteiger partial charge >= 0.3 is 0 Å². The number of phenols is 1. The number of anilines is 1. The zero-order valence-electron chi connectivity index (χ0n) is 10.9. The quantitative estimate of drug-likeness (QED) is 0.759. The molecule has 104 valence electrons. The lowest BCUT2D eigenvalue weighted by Crippen LogP contribution is -1.98. The molecule has 0 aliphatic rings. The first-order valence-electron chi connectivity index (χ1n) is 6.17. The molecule has 0 amide bonds. The van der Waals surface area contributed by atoms with Crippen LogP contribution < -0.4 is 5.73 Å². The average molecular weight is 299 g/mol. The highest BCUT2D eigenvalue weighted by molar-refractivity contribution is 6.32. The summed E-state index contributed by atoms with van der Waals surface area (Å²) in [7, 11) is 0. The predicted molar refractivity (Wildman–Crippen MR) is 81.8 cm³/mol. The summed E-state index contributed by atoms with van der Waals surface area (Å²) in [5, 5.41) is 9.78. The van der Waals surface area contributed by atoms with Crippen LogP contribution in [0.2, 0.25) is 5.02 Å². The smallest absolute Gasteiger partial charge is 0.142 e. The first kappa shape index (κ1) is 13.3. The van der Waals surface area contributed by atoms with E-state index in [1.807, 2.05) is 12.1 Å². The van der Waals surface area contributed by atoms with Gasteiger partial charge in [0.1, 0.15) is 11.6 Å². The van der Waals surface area contributed by atoms with Crippen molar-refractivity contribution in [3.63, 3.8) is 0 Å². The Morgan fingerprint density at radius 2 is 1.76 bits per heavy atom. The summed E-state index contributed by atoms with van der Waals surface area (Å²) < 4.78 is 0. The van der Waals surface area contributed by atoms with Crippen LogP contribution in [0.25, 0.3) is 22.5 Å². The summed E-state index contributed by atoms with van der Waals surface area (Å²) in [5.41, 5.74) is 8.61. The molecule has 3 aromatic rings. The molecule has 2 aromatic heterocycles. The summed E-state index contributed by atoms with van der Waals surface area (Å²) >= 11 is 5.96. The van der Waals surface area contributed by atoms with Gasteiger partial charge in [-0.2, -0.15) is 0 Å². The van der Waals surface area contributed by atoms with Crippen LogP contribution in [0.5, 0.6) is 5.75 Å². The van der Waals surface area contributed by atoms with Gasteiger partial charge in [-0.1, -0.05) is 11.6 Å². The predicted octanol–water partition coefficient (Wildman–Crippen LogP) is 3.15. The Morgan fingerprint density at radius 3 is 2.48 bits per heavy atom. The van der Waals surface area contributed by atoms with Crippen molar-refractivity contribution in [3.05, 3.63) is 53.9 Å². The van der Waals surface area contributed by atoms with Gasteiger partial charge in [0.25, 0.3) is 0 Å². The van der Waals surface area contributed by atoms with Crippen LogP contribution in [0.1, 0.15) is 0 Å². The van der Waals surface area contributed by atoms with Crippen LogP contribution in [-0.4, -0.2) is 20.1 Å². The van der Waals surface area contributed by atoms with E-state index in [-0.39, 0.29) is 10.8 Å². The third-order valence-electron chi connectivity index (χ3n) is 2.97. The number of nitrogens with two attached hydrogens (primary N) is 1. The van der Waals surface area contributed by atoms with Crippen molar-refractivity contribution in [2.45, 2.75) is 0 Å². The standard InChI is InChI=1S/C15H11ClN4O/c16-11-7-10(1-2-12(11)21)14-15(20-13(17)8-19-14)9-3-5-18-6-4-9/h1-8,21H,(H2,17,20). The van der Waals surface area contributed by atoms with Crippen LogP contribution in [0.15, 0.2) is 48.9 Å². The third kappa shape index (κ3) is 2.64. The molecule has 2 heterocycles. The number of benzene rings is 1. The van der Waals surface area contributed by atoms with E-state index in [1.165, 1.54) is 12.3 Å². The Balaban J connectivity index is 2.21. The number of nitrogen functional groups attached to an aromatic ring is 1. The summed E-state index contributed by atoms with van der Waals surface area (Å²) in [6.07, 6.45) is 4.84. The van der Waals surface area contributed by atoms with Gasteiger partial charge in [0, 0.05) is 23.5 Å². The molecule has 21 heavy (non-hydrogen) atoms. The molecule has 0 unspecified atom stereocenters. The van der Waals surface area contributed by atoms with Crippen molar-refractivity contribution in [1.82, 2.24) is 15.0 Å². The average Bonchev–Trinajstić information content (AvgIpc) is 2.51. The van der Waals surface area contributed by atoms with E-state index in [0.29, 0.717) is 17.2 Å². The SMILES string of the molecule is Nc1cnc(-c2ccc(O)c(Cl)c2)c(-c2ccncc2)n1. The van der Waals surface area contributed by atoms with Crippen molar-refractivity contribution >= 4 is 17.4 Å². The van der Waals surface area contributed by atoms with Crippen LogP contribution >= 0.6 is 11.6 Å². The number of hydrogen-bond acceptors (Lipinski definition) is 5. The van der Waals surface area contributed by atoms with Crippen LogP contribution in [0.4, 0.5) is 5.82 Å². The van der Waals surface area contributed by atoms with E-state index in [0.717, 1.165) is 11.1 Å². The van der Waals surface area contributed by atoms with Gasteiger partial charge in [0.05, 0.1) is 22.6 Å². The van der Waals surface area contributed by atoms with Gasteiger partial charge in [0.15, 0.2) is 0 Å². The molecule has 0 fully saturated rings. The van der Waals surface area contributed by atoms with Gasteiger partial charge < -0.3 is 10.8 Å². The number of aromatic hydroxyl groups is 1. The van der Waals surface area contributed by atoms with Crippen LogP contribution in [0, 0.1) is 0 Å². The van der Waals surface area contributed by atoms with Crippen molar-refractivity contribution in [3.8, 4) is 28.3 Å². The first-order valence-corrected chi connectivity index (χ1v) is 6.55. The molecule has 0 saturated carbocycles. The van der Waals surface area contributed by atoms with Gasteiger partial charge in [-0.25, -0.2) is 4.98 Å². The summed E-state index contributed by atoms with van der Waals surface area (Å²) in [6.45, 7) is 0. The minimum atomic E-state index is 0.0225. The topological polar surface area (TPSA) is 84.9 Å². The lowest BCUT2D eigenvalue weighted by molar-refractivity contribution is 0.475. The highest BCUT2D eigenvalue weighted by atomic mass is 35.5. The monoisotopic (exact) mass is 298 g/mol. The molecule has 6 heteroatoms. The number of nitrogens with zero attached hydrogens (tertiary/aromatic N) is 3. The lowest BCUT2D eigenvalue weighted by Gasteiger charge is -2.09. The minimum absolute atomic E-state index is 0.0225. The molecule has 0 aliphatic heterocycles. The van der Waals surface area contributed by atoms with Crippen LogP contribution in [-0.2, 0) is 0 Å². The molecular weight excluding hydrogens is 288 g/mol. The van der Waals surface area contributed by atoms with E-state index in [1.54, 1.807) is 24.5 Å². The fourth-order valence-electron chi connectivity index (χ4n) is 1.98. The molecule has 3 rings (SSSR count). The van der Waals surface area contributed by atoms with Crippen molar-refractivity contribution in [2.75, 3.05) is 5.73 Å². The maximum atomic E-state index is 9.52. The maximum absolute atomic E-state index is 9.52. The Hall–Kier alpha value is -2.66. The molecule has 1 aromatic carbocycles. The molecule has 0 saturated heterocycles. The van der Waals surface area contributed by atoms with E-state index >= 15 is 0 Å². The number of aromatic nitrogens is 3. The van der Waals surface area contributed by atoms with Gasteiger partial charge in [-0.3, -0.25) is 9.97 Å². The Labute approximate surface area is 126 Å². The lowest BCUT2D eigenvalue weighted by atomic mass is 10.0. The van der Waals surface area contributed by atoms with Gasteiger partial charge in [0.2, 0.25) is 0 Å². The number of hydrogen-bond donors (Lipinski definition) is 2. The Kier molecular flexibility index (Phi) is 3.41. The zero-order valence-corrected chi connectivity index (χ0v) is 11.6. The molecule has 5 nitrogen and oxygen atoms in total. The van der Waals surface area contributed by atoms with Crippen molar-refractivity contribution < 1.29 is 5.11 Å². The Bertz CT molecular complexity index is 793. The van der Waals surface area contributed by atoms with E-state index in [4.69, 9.17) is 17.3 Å². The molecule has 0 aliphatic carbocycles. The maximum Gasteiger partial charge on any atom is 0.142 e. The summed E-state index contributed by atoms with van der Waals surface area (Å²) in [6, 6.07) is 8.55.